The third kappa shape index (κ3) is 4.66. The fraction of sp³-hybridized carbons (Fsp3) is 0.750. The van der Waals surface area contributed by atoms with Crippen molar-refractivity contribution < 1.29 is 0 Å². The molecule has 1 rings (SSSR count). The number of nitrogens with one attached hydrogen (secondary N) is 2. The number of nitrogens with zero attached hydrogens (tertiary/aromatic N) is 2. The van der Waals surface area contributed by atoms with Crippen molar-refractivity contribution in [3.05, 3.63) is 11.8 Å². The van der Waals surface area contributed by atoms with E-state index in [9.17, 15) is 0 Å². The van der Waals surface area contributed by atoms with Crippen LogP contribution in [-0.4, -0.2) is 28.9 Å². The van der Waals surface area contributed by atoms with Crippen LogP contribution in [0.25, 0.3) is 0 Å². The maximum Gasteiger partial charge on any atom is 0.124 e. The molecular formula is C12H24N4. The largest absolute Gasteiger partial charge is 0.370 e. The Hall–Kier alpha value is -1.03. The lowest BCUT2D eigenvalue weighted by Crippen LogP contribution is -2.24. The topological polar surface area (TPSA) is 41.9 Å². The maximum atomic E-state index is 4.29. The van der Waals surface area contributed by atoms with Gasteiger partial charge in [0.2, 0.25) is 0 Å². The number of rotatable bonds is 7. The normalized spacial score (nSPS) is 11.1. The summed E-state index contributed by atoms with van der Waals surface area (Å²) in [5, 5.41) is 11.1. The fourth-order valence-electron chi connectivity index (χ4n) is 1.63. The highest BCUT2D eigenvalue weighted by Gasteiger charge is 1.99. The molecule has 0 saturated carbocycles. The molecule has 4 nitrogen and oxygen atoms in total. The van der Waals surface area contributed by atoms with Crippen LogP contribution in [0.2, 0.25) is 0 Å². The lowest BCUT2D eigenvalue weighted by atomic mass is 10.3. The van der Waals surface area contributed by atoms with Crippen LogP contribution in [0.5, 0.6) is 0 Å². The van der Waals surface area contributed by atoms with E-state index in [2.05, 4.69) is 35.6 Å². The molecule has 0 aromatic carbocycles. The Morgan fingerprint density at radius 1 is 1.31 bits per heavy atom. The Labute approximate surface area is 98.4 Å². The van der Waals surface area contributed by atoms with Crippen LogP contribution in [0.1, 0.15) is 32.4 Å². The molecule has 4 heteroatoms. The SMILES string of the molecule is Cc1cc(NCCCCNC(C)C)n(C)n1. The first-order valence-corrected chi connectivity index (χ1v) is 6.07. The molecule has 0 radical (unpaired) electrons. The number of aromatic nitrogens is 2. The molecule has 0 saturated heterocycles. The Balaban J connectivity index is 2.09. The van der Waals surface area contributed by atoms with Crippen LogP contribution in [0.3, 0.4) is 0 Å². The lowest BCUT2D eigenvalue weighted by molar-refractivity contribution is 0.562. The lowest BCUT2D eigenvalue weighted by Gasteiger charge is -2.08. The van der Waals surface area contributed by atoms with Crippen molar-refractivity contribution in [1.82, 2.24) is 15.1 Å². The van der Waals surface area contributed by atoms with Gasteiger partial charge in [0.25, 0.3) is 0 Å². The van der Waals surface area contributed by atoms with Crippen LogP contribution < -0.4 is 10.6 Å². The Morgan fingerprint density at radius 2 is 2.00 bits per heavy atom. The Bertz CT molecular complexity index is 304. The van der Waals surface area contributed by atoms with E-state index >= 15 is 0 Å². The summed E-state index contributed by atoms with van der Waals surface area (Å²) >= 11 is 0. The second-order valence-electron chi connectivity index (χ2n) is 4.54. The fourth-order valence-corrected chi connectivity index (χ4v) is 1.63. The molecule has 0 fully saturated rings. The highest BCUT2D eigenvalue weighted by atomic mass is 15.3. The van der Waals surface area contributed by atoms with E-state index in [1.165, 1.54) is 12.8 Å². The summed E-state index contributed by atoms with van der Waals surface area (Å²) in [5.74, 6) is 1.11. The van der Waals surface area contributed by atoms with Gasteiger partial charge in [0.1, 0.15) is 5.82 Å². The van der Waals surface area contributed by atoms with Gasteiger partial charge in [-0.05, 0) is 26.3 Å². The van der Waals surface area contributed by atoms with Crippen molar-refractivity contribution in [2.45, 2.75) is 39.7 Å². The molecule has 2 N–H and O–H groups in total. The molecule has 1 aromatic rings. The molecule has 0 atom stereocenters. The van der Waals surface area contributed by atoms with Gasteiger partial charge in [-0.15, -0.1) is 0 Å². The summed E-state index contributed by atoms with van der Waals surface area (Å²) in [7, 11) is 1.97. The van der Waals surface area contributed by atoms with Crippen LogP contribution in [0, 0.1) is 6.92 Å². The average Bonchev–Trinajstić information content (AvgIpc) is 2.50. The van der Waals surface area contributed by atoms with Crippen LogP contribution >= 0.6 is 0 Å². The van der Waals surface area contributed by atoms with Gasteiger partial charge < -0.3 is 10.6 Å². The number of unbranched alkanes of at least 4 members (excludes halogenated alkanes) is 1. The van der Waals surface area contributed by atoms with E-state index in [0.29, 0.717) is 6.04 Å². The van der Waals surface area contributed by atoms with Crippen LogP contribution in [0.4, 0.5) is 5.82 Å². The number of hydrogen-bond donors (Lipinski definition) is 2. The zero-order valence-corrected chi connectivity index (χ0v) is 10.9. The van der Waals surface area contributed by atoms with Crippen molar-refractivity contribution in [2.75, 3.05) is 18.4 Å². The molecule has 0 aliphatic carbocycles. The van der Waals surface area contributed by atoms with E-state index < -0.39 is 0 Å². The van der Waals surface area contributed by atoms with Crippen LogP contribution in [-0.2, 0) is 7.05 Å². The molecule has 0 bridgehead atoms. The van der Waals surface area contributed by atoms with Gasteiger partial charge in [-0.3, -0.25) is 4.68 Å². The smallest absolute Gasteiger partial charge is 0.124 e. The van der Waals surface area contributed by atoms with E-state index in [-0.39, 0.29) is 0 Å². The quantitative estimate of drug-likeness (QED) is 0.695. The molecule has 0 aliphatic rings. The minimum atomic E-state index is 0.590. The third-order valence-electron chi connectivity index (χ3n) is 2.46. The molecule has 1 aromatic heterocycles. The first-order chi connectivity index (χ1) is 7.59. The summed E-state index contributed by atoms with van der Waals surface area (Å²) in [6.07, 6.45) is 2.39. The first kappa shape index (κ1) is 13.0. The summed E-state index contributed by atoms with van der Waals surface area (Å²) < 4.78 is 1.89. The average molecular weight is 224 g/mol. The van der Waals surface area contributed by atoms with Gasteiger partial charge in [-0.25, -0.2) is 0 Å². The molecule has 1 heterocycles. The molecule has 0 aliphatic heterocycles. The zero-order valence-electron chi connectivity index (χ0n) is 10.9. The third-order valence-corrected chi connectivity index (χ3v) is 2.46. The second kappa shape index (κ2) is 6.53. The summed E-state index contributed by atoms with van der Waals surface area (Å²) in [6, 6.07) is 2.67. The van der Waals surface area contributed by atoms with Gasteiger partial charge in [0.05, 0.1) is 5.69 Å². The van der Waals surface area contributed by atoms with Gasteiger partial charge in [-0.2, -0.15) is 5.10 Å². The van der Waals surface area contributed by atoms with E-state index in [1.54, 1.807) is 0 Å². The van der Waals surface area contributed by atoms with E-state index in [1.807, 2.05) is 18.7 Å². The standard InChI is InChI=1S/C12H24N4/c1-10(2)13-7-5-6-8-14-12-9-11(3)15-16(12)4/h9-10,13-14H,5-8H2,1-4H3. The van der Waals surface area contributed by atoms with Gasteiger partial charge in [-0.1, -0.05) is 13.8 Å². The molecule has 0 unspecified atom stereocenters. The highest BCUT2D eigenvalue weighted by Crippen LogP contribution is 2.07. The van der Waals surface area contributed by atoms with Crippen molar-refractivity contribution in [3.63, 3.8) is 0 Å². The maximum absolute atomic E-state index is 4.29. The Kier molecular flexibility index (Phi) is 5.32. The van der Waals surface area contributed by atoms with Gasteiger partial charge in [0, 0.05) is 25.7 Å². The van der Waals surface area contributed by atoms with E-state index in [0.717, 1.165) is 24.6 Å². The van der Waals surface area contributed by atoms with Crippen molar-refractivity contribution >= 4 is 5.82 Å². The van der Waals surface area contributed by atoms with Gasteiger partial charge in [0.15, 0.2) is 0 Å². The van der Waals surface area contributed by atoms with Crippen LogP contribution in [0.15, 0.2) is 6.07 Å². The first-order valence-electron chi connectivity index (χ1n) is 6.07. The minimum Gasteiger partial charge on any atom is -0.370 e. The Morgan fingerprint density at radius 3 is 2.56 bits per heavy atom. The molecule has 0 spiro atoms. The predicted molar refractivity (Wildman–Crippen MR) is 68.8 cm³/mol. The predicted octanol–water partition coefficient (Wildman–Crippen LogP) is 1.92. The van der Waals surface area contributed by atoms with Crippen molar-refractivity contribution in [1.29, 1.82) is 0 Å². The minimum absolute atomic E-state index is 0.590. The monoisotopic (exact) mass is 224 g/mol. The highest BCUT2D eigenvalue weighted by molar-refractivity contribution is 5.36. The number of aryl methyl sites for hydroxylation is 2. The molecular weight excluding hydrogens is 200 g/mol. The molecule has 92 valence electrons. The van der Waals surface area contributed by atoms with Crippen molar-refractivity contribution in [3.8, 4) is 0 Å². The number of anilines is 1. The molecule has 16 heavy (non-hydrogen) atoms. The van der Waals surface area contributed by atoms with E-state index in [4.69, 9.17) is 0 Å². The molecule has 0 amide bonds. The van der Waals surface area contributed by atoms with Crippen molar-refractivity contribution in [2.24, 2.45) is 7.05 Å². The van der Waals surface area contributed by atoms with Gasteiger partial charge >= 0.3 is 0 Å². The zero-order chi connectivity index (χ0) is 12.0. The summed E-state index contributed by atoms with van der Waals surface area (Å²) in [5.41, 5.74) is 1.06. The number of hydrogen-bond acceptors (Lipinski definition) is 3. The second-order valence-corrected chi connectivity index (χ2v) is 4.54. The summed E-state index contributed by atoms with van der Waals surface area (Å²) in [6.45, 7) is 8.48. The summed E-state index contributed by atoms with van der Waals surface area (Å²) in [4.78, 5) is 0.